The largest absolute Gasteiger partial charge is 0.246 e. The van der Waals surface area contributed by atoms with Crippen LogP contribution in [0.15, 0.2) is 164 Å². The number of nitrogens with zero attached hydrogens (tertiary/aromatic N) is 3. The molecule has 0 atom stereocenters. The van der Waals surface area contributed by atoms with Crippen molar-refractivity contribution in [3.8, 4) is 56.3 Å². The van der Waals surface area contributed by atoms with Crippen molar-refractivity contribution in [3.05, 3.63) is 164 Å². The molecule has 0 radical (unpaired) electrons. The van der Waals surface area contributed by atoms with E-state index >= 15 is 0 Å². The van der Waals surface area contributed by atoms with Gasteiger partial charge in [-0.2, -0.15) is 0 Å². The van der Waals surface area contributed by atoms with E-state index in [2.05, 4.69) is 127 Å². The normalized spacial score (nSPS) is 11.4. The zero-order valence-electron chi connectivity index (χ0n) is 25.3. The van der Waals surface area contributed by atoms with Crippen LogP contribution in [0.3, 0.4) is 0 Å². The van der Waals surface area contributed by atoms with Gasteiger partial charge in [0, 0.05) is 43.1 Å². The quantitative estimate of drug-likeness (QED) is 0.193. The number of pyridine rings is 1. The van der Waals surface area contributed by atoms with Gasteiger partial charge in [-0.05, 0) is 29.3 Å². The van der Waals surface area contributed by atoms with Crippen molar-refractivity contribution in [2.24, 2.45) is 0 Å². The molecule has 9 rings (SSSR count). The smallest absolute Gasteiger partial charge is 0.160 e. The highest BCUT2D eigenvalue weighted by molar-refractivity contribution is 7.26. The number of benzene rings is 6. The summed E-state index contributed by atoms with van der Waals surface area (Å²) in [5, 5.41) is 3.71. The van der Waals surface area contributed by atoms with E-state index in [1.165, 1.54) is 31.1 Å². The molecule has 0 spiro atoms. The number of hydrogen-bond donors (Lipinski definition) is 0. The van der Waals surface area contributed by atoms with Gasteiger partial charge in [0.2, 0.25) is 0 Å². The molecule has 0 fully saturated rings. The average molecular weight is 618 g/mol. The Balaban J connectivity index is 1.21. The van der Waals surface area contributed by atoms with Gasteiger partial charge >= 0.3 is 0 Å². The predicted octanol–water partition coefficient (Wildman–Crippen LogP) is 11.7. The summed E-state index contributed by atoms with van der Waals surface area (Å²) in [5.74, 6) is 0.704. The number of rotatable bonds is 5. The Morgan fingerprint density at radius 1 is 0.404 bits per heavy atom. The van der Waals surface area contributed by atoms with Crippen molar-refractivity contribution in [1.29, 1.82) is 0 Å². The Bertz CT molecular complexity index is 2480. The van der Waals surface area contributed by atoms with Crippen molar-refractivity contribution >= 4 is 42.4 Å². The SMILES string of the molecule is c1ccc(-c2cc(-c3ccccc3)nc(-c3ccc(-c4cccc5nc(-c6ccccc6)c6sc7ccccc7c6c45)cc3)n2)cc1. The Morgan fingerprint density at radius 2 is 0.979 bits per heavy atom. The van der Waals surface area contributed by atoms with Gasteiger partial charge in [0.25, 0.3) is 0 Å². The predicted molar refractivity (Wildman–Crippen MR) is 197 cm³/mol. The van der Waals surface area contributed by atoms with Crippen LogP contribution in [0, 0.1) is 0 Å². The van der Waals surface area contributed by atoms with E-state index < -0.39 is 0 Å². The first-order valence-corrected chi connectivity index (χ1v) is 16.5. The van der Waals surface area contributed by atoms with E-state index in [1.807, 2.05) is 47.7 Å². The van der Waals surface area contributed by atoms with Gasteiger partial charge < -0.3 is 0 Å². The maximum absolute atomic E-state index is 5.29. The minimum Gasteiger partial charge on any atom is -0.246 e. The molecule has 0 bridgehead atoms. The fourth-order valence-electron chi connectivity index (χ4n) is 6.45. The van der Waals surface area contributed by atoms with Crippen molar-refractivity contribution in [2.75, 3.05) is 0 Å². The molecule has 220 valence electrons. The molecule has 3 heterocycles. The van der Waals surface area contributed by atoms with Gasteiger partial charge in [-0.25, -0.2) is 15.0 Å². The summed E-state index contributed by atoms with van der Waals surface area (Å²) < 4.78 is 2.48. The molecule has 4 heteroatoms. The van der Waals surface area contributed by atoms with Crippen LogP contribution in [-0.2, 0) is 0 Å². The Hall–Kier alpha value is -5.97. The van der Waals surface area contributed by atoms with Gasteiger partial charge in [-0.15, -0.1) is 11.3 Å². The fourth-order valence-corrected chi connectivity index (χ4v) is 7.67. The summed E-state index contributed by atoms with van der Waals surface area (Å²) in [4.78, 5) is 15.4. The summed E-state index contributed by atoms with van der Waals surface area (Å²) in [6.45, 7) is 0. The van der Waals surface area contributed by atoms with Crippen LogP contribution in [-0.4, -0.2) is 15.0 Å². The van der Waals surface area contributed by atoms with Crippen molar-refractivity contribution in [3.63, 3.8) is 0 Å². The van der Waals surface area contributed by atoms with E-state index in [4.69, 9.17) is 15.0 Å². The third-order valence-electron chi connectivity index (χ3n) is 8.70. The molecule has 6 aromatic carbocycles. The first-order valence-electron chi connectivity index (χ1n) is 15.7. The molecular formula is C43H27N3S. The molecule has 0 saturated heterocycles. The average Bonchev–Trinajstić information content (AvgIpc) is 3.55. The maximum atomic E-state index is 5.29. The fraction of sp³-hybridized carbons (Fsp3) is 0. The number of aromatic nitrogens is 3. The second-order valence-corrected chi connectivity index (χ2v) is 12.7. The monoisotopic (exact) mass is 617 g/mol. The molecule has 0 N–H and O–H groups in total. The molecule has 0 unspecified atom stereocenters. The molecule has 0 aliphatic rings. The lowest BCUT2D eigenvalue weighted by Crippen LogP contribution is -1.96. The van der Waals surface area contributed by atoms with Gasteiger partial charge in [-0.3, -0.25) is 0 Å². The standard InChI is InChI=1S/C43H27N3S/c1-4-13-29(14-5-1)36-27-37(30-15-6-2-7-16-30)46-43(45-36)32-25-23-28(24-26-32)33-20-12-21-35-39(33)40-34-19-10-11-22-38(34)47-42(40)41(44-35)31-17-8-3-9-18-31/h1-27H. The van der Waals surface area contributed by atoms with Crippen LogP contribution in [0.1, 0.15) is 0 Å². The summed E-state index contributed by atoms with van der Waals surface area (Å²) >= 11 is 1.82. The second kappa shape index (κ2) is 11.4. The summed E-state index contributed by atoms with van der Waals surface area (Å²) in [5.41, 5.74) is 10.4. The second-order valence-electron chi connectivity index (χ2n) is 11.6. The molecule has 0 aliphatic carbocycles. The highest BCUT2D eigenvalue weighted by Gasteiger charge is 2.19. The van der Waals surface area contributed by atoms with E-state index in [9.17, 15) is 0 Å². The Labute approximate surface area is 276 Å². The van der Waals surface area contributed by atoms with Crippen LogP contribution in [0.4, 0.5) is 0 Å². The van der Waals surface area contributed by atoms with E-state index in [-0.39, 0.29) is 0 Å². The third kappa shape index (κ3) is 4.87. The molecule has 9 aromatic rings. The third-order valence-corrected chi connectivity index (χ3v) is 9.88. The van der Waals surface area contributed by atoms with Crippen molar-refractivity contribution in [1.82, 2.24) is 15.0 Å². The topological polar surface area (TPSA) is 38.7 Å². The summed E-state index contributed by atoms with van der Waals surface area (Å²) in [6.07, 6.45) is 0. The molecule has 3 nitrogen and oxygen atoms in total. The van der Waals surface area contributed by atoms with E-state index in [0.717, 1.165) is 50.4 Å². The van der Waals surface area contributed by atoms with Crippen LogP contribution in [0.2, 0.25) is 0 Å². The Kier molecular flexibility index (Phi) is 6.65. The lowest BCUT2D eigenvalue weighted by Gasteiger charge is -2.13. The zero-order chi connectivity index (χ0) is 31.2. The minimum atomic E-state index is 0.704. The highest BCUT2D eigenvalue weighted by atomic mass is 32.1. The van der Waals surface area contributed by atoms with Gasteiger partial charge in [-0.1, -0.05) is 146 Å². The van der Waals surface area contributed by atoms with Crippen molar-refractivity contribution < 1.29 is 0 Å². The molecule has 3 aromatic heterocycles. The van der Waals surface area contributed by atoms with Crippen LogP contribution in [0.5, 0.6) is 0 Å². The molecular weight excluding hydrogens is 591 g/mol. The van der Waals surface area contributed by atoms with Gasteiger partial charge in [0.15, 0.2) is 5.82 Å². The lowest BCUT2D eigenvalue weighted by molar-refractivity contribution is 1.18. The van der Waals surface area contributed by atoms with E-state index in [1.54, 1.807) is 0 Å². The summed E-state index contributed by atoms with van der Waals surface area (Å²) in [7, 11) is 0. The lowest BCUT2D eigenvalue weighted by atomic mass is 9.95. The summed E-state index contributed by atoms with van der Waals surface area (Å²) in [6, 6.07) is 57.1. The molecule has 47 heavy (non-hydrogen) atoms. The molecule has 0 aliphatic heterocycles. The van der Waals surface area contributed by atoms with Gasteiger partial charge in [0.1, 0.15) is 0 Å². The number of fused-ring (bicyclic) bond motifs is 5. The highest BCUT2D eigenvalue weighted by Crippen LogP contribution is 2.45. The molecule has 0 amide bonds. The first-order chi connectivity index (χ1) is 23.3. The van der Waals surface area contributed by atoms with Gasteiger partial charge in [0.05, 0.1) is 27.3 Å². The first kappa shape index (κ1) is 27.3. The van der Waals surface area contributed by atoms with Crippen LogP contribution >= 0.6 is 11.3 Å². The minimum absolute atomic E-state index is 0.704. The number of hydrogen-bond acceptors (Lipinski definition) is 4. The van der Waals surface area contributed by atoms with E-state index in [0.29, 0.717) is 5.82 Å². The Morgan fingerprint density at radius 3 is 1.64 bits per heavy atom. The van der Waals surface area contributed by atoms with Crippen LogP contribution < -0.4 is 0 Å². The number of thiophene rings is 1. The van der Waals surface area contributed by atoms with Crippen LogP contribution in [0.25, 0.3) is 87.4 Å². The van der Waals surface area contributed by atoms with Crippen molar-refractivity contribution in [2.45, 2.75) is 0 Å². The maximum Gasteiger partial charge on any atom is 0.160 e. The molecule has 0 saturated carbocycles. The zero-order valence-corrected chi connectivity index (χ0v) is 26.2.